The molecule has 1 heterocycles. The number of nitrogens with one attached hydrogen (secondary N) is 2. The van der Waals surface area contributed by atoms with Crippen molar-refractivity contribution in [3.05, 3.63) is 51.2 Å². The molecule has 2 N–H and O–H groups in total. The van der Waals surface area contributed by atoms with Crippen LogP contribution in [0.1, 0.15) is 16.5 Å². The van der Waals surface area contributed by atoms with Crippen molar-refractivity contribution in [1.82, 2.24) is 10.2 Å². The molecule has 3 nitrogen and oxygen atoms in total. The molecular weight excluding hydrogens is 334 g/mol. The van der Waals surface area contributed by atoms with Gasteiger partial charge in [0, 0.05) is 22.1 Å². The van der Waals surface area contributed by atoms with Crippen LogP contribution in [0.15, 0.2) is 35.7 Å². The Labute approximate surface area is 146 Å². The summed E-state index contributed by atoms with van der Waals surface area (Å²) >= 11 is 13.2. The van der Waals surface area contributed by atoms with Gasteiger partial charge in [-0.05, 0) is 62.4 Å². The third-order valence-electron chi connectivity index (χ3n) is 3.38. The highest BCUT2D eigenvalue weighted by Gasteiger charge is 2.15. The SMILES string of the molecule is Cc1ccc(NC(=S)NCC(c2cccs2)N(C)C)cc1Cl. The van der Waals surface area contributed by atoms with E-state index in [0.717, 1.165) is 22.8 Å². The molecule has 0 saturated heterocycles. The lowest BCUT2D eigenvalue weighted by Crippen LogP contribution is -2.36. The van der Waals surface area contributed by atoms with E-state index in [1.54, 1.807) is 11.3 Å². The summed E-state index contributed by atoms with van der Waals surface area (Å²) in [6, 6.07) is 10.3. The van der Waals surface area contributed by atoms with Crippen LogP contribution in [0, 0.1) is 6.92 Å². The molecule has 2 rings (SSSR count). The second kappa shape index (κ2) is 7.92. The molecule has 118 valence electrons. The zero-order chi connectivity index (χ0) is 16.1. The van der Waals surface area contributed by atoms with Gasteiger partial charge in [0.25, 0.3) is 0 Å². The third-order valence-corrected chi connectivity index (χ3v) is 5.01. The maximum absolute atomic E-state index is 6.12. The predicted molar refractivity (Wildman–Crippen MR) is 101 cm³/mol. The minimum absolute atomic E-state index is 0.293. The maximum atomic E-state index is 6.12. The standard InChI is InChI=1S/C16H20ClN3S2/c1-11-6-7-12(9-13(11)17)19-16(21)18-10-14(20(2)3)15-5-4-8-22-15/h4-9,14H,10H2,1-3H3,(H2,18,19,21). The number of benzene rings is 1. The quantitative estimate of drug-likeness (QED) is 0.784. The van der Waals surface area contributed by atoms with Crippen LogP contribution in [0.5, 0.6) is 0 Å². The van der Waals surface area contributed by atoms with Crippen molar-refractivity contribution in [3.63, 3.8) is 0 Å². The molecule has 0 aliphatic heterocycles. The third kappa shape index (κ3) is 4.68. The van der Waals surface area contributed by atoms with Gasteiger partial charge >= 0.3 is 0 Å². The van der Waals surface area contributed by atoms with Crippen molar-refractivity contribution in [1.29, 1.82) is 0 Å². The summed E-state index contributed by atoms with van der Waals surface area (Å²) in [4.78, 5) is 3.50. The molecule has 22 heavy (non-hydrogen) atoms. The molecule has 1 aromatic heterocycles. The van der Waals surface area contributed by atoms with Crippen LogP contribution in [0.2, 0.25) is 5.02 Å². The van der Waals surface area contributed by atoms with Gasteiger partial charge in [0.2, 0.25) is 0 Å². The minimum Gasteiger partial charge on any atom is -0.360 e. The van der Waals surface area contributed by atoms with E-state index in [1.807, 2.05) is 25.1 Å². The Kier molecular flexibility index (Phi) is 6.20. The fraction of sp³-hybridized carbons (Fsp3) is 0.312. The maximum Gasteiger partial charge on any atom is 0.170 e. The molecule has 0 fully saturated rings. The van der Waals surface area contributed by atoms with Gasteiger partial charge in [0.15, 0.2) is 5.11 Å². The van der Waals surface area contributed by atoms with Gasteiger partial charge < -0.3 is 15.5 Å². The smallest absolute Gasteiger partial charge is 0.170 e. The number of nitrogens with zero attached hydrogens (tertiary/aromatic N) is 1. The Morgan fingerprint density at radius 1 is 1.36 bits per heavy atom. The van der Waals surface area contributed by atoms with E-state index in [0.29, 0.717) is 11.2 Å². The second-order valence-corrected chi connectivity index (χ2v) is 7.09. The van der Waals surface area contributed by atoms with E-state index in [4.69, 9.17) is 23.8 Å². The molecule has 0 amide bonds. The molecule has 6 heteroatoms. The normalized spacial score (nSPS) is 12.2. The highest BCUT2D eigenvalue weighted by atomic mass is 35.5. The van der Waals surface area contributed by atoms with Gasteiger partial charge in [-0.3, -0.25) is 0 Å². The summed E-state index contributed by atoms with van der Waals surface area (Å²) in [5, 5.41) is 9.88. The summed E-state index contributed by atoms with van der Waals surface area (Å²) in [5.74, 6) is 0. The summed E-state index contributed by atoms with van der Waals surface area (Å²) in [7, 11) is 4.14. The lowest BCUT2D eigenvalue weighted by Gasteiger charge is -2.24. The molecular formula is C16H20ClN3S2. The van der Waals surface area contributed by atoms with Gasteiger partial charge in [0.1, 0.15) is 0 Å². The van der Waals surface area contributed by atoms with Gasteiger partial charge in [-0.1, -0.05) is 23.7 Å². The number of rotatable bonds is 5. The predicted octanol–water partition coefficient (Wildman–Crippen LogP) is 4.30. The molecule has 0 aliphatic carbocycles. The van der Waals surface area contributed by atoms with Crippen molar-refractivity contribution in [2.24, 2.45) is 0 Å². The molecule has 2 aromatic rings. The van der Waals surface area contributed by atoms with E-state index in [-0.39, 0.29) is 0 Å². The number of hydrogen-bond acceptors (Lipinski definition) is 3. The number of thiocarbonyl (C=S) groups is 1. The average molecular weight is 354 g/mol. The monoisotopic (exact) mass is 353 g/mol. The van der Waals surface area contributed by atoms with E-state index in [2.05, 4.69) is 47.1 Å². The number of halogens is 1. The Hall–Kier alpha value is -1.14. The topological polar surface area (TPSA) is 27.3 Å². The number of anilines is 1. The Morgan fingerprint density at radius 3 is 2.73 bits per heavy atom. The van der Waals surface area contributed by atoms with E-state index in [1.165, 1.54) is 4.88 Å². The molecule has 0 radical (unpaired) electrons. The molecule has 0 bridgehead atoms. The van der Waals surface area contributed by atoms with Crippen LogP contribution in [0.25, 0.3) is 0 Å². The first-order valence-electron chi connectivity index (χ1n) is 6.98. The molecule has 1 unspecified atom stereocenters. The number of likely N-dealkylation sites (N-methyl/N-ethyl adjacent to an activating group) is 1. The molecule has 1 aromatic carbocycles. The van der Waals surface area contributed by atoms with Gasteiger partial charge in [-0.15, -0.1) is 11.3 Å². The second-order valence-electron chi connectivity index (χ2n) is 5.29. The Balaban J connectivity index is 1.92. The van der Waals surface area contributed by atoms with Crippen LogP contribution in [-0.2, 0) is 0 Å². The number of thiophene rings is 1. The van der Waals surface area contributed by atoms with Gasteiger partial charge in [0.05, 0.1) is 6.04 Å². The summed E-state index contributed by atoms with van der Waals surface area (Å²) in [5.41, 5.74) is 1.95. The van der Waals surface area contributed by atoms with Crippen molar-refractivity contribution in [2.45, 2.75) is 13.0 Å². The Morgan fingerprint density at radius 2 is 2.14 bits per heavy atom. The number of hydrogen-bond donors (Lipinski definition) is 2. The molecule has 0 saturated carbocycles. The molecule has 0 spiro atoms. The summed E-state index contributed by atoms with van der Waals surface area (Å²) < 4.78 is 0. The van der Waals surface area contributed by atoms with E-state index < -0.39 is 0 Å². The highest BCUT2D eigenvalue weighted by Crippen LogP contribution is 2.23. The molecule has 1 atom stereocenters. The lowest BCUT2D eigenvalue weighted by atomic mass is 10.2. The Bertz CT molecular complexity index is 626. The number of aryl methyl sites for hydroxylation is 1. The van der Waals surface area contributed by atoms with E-state index in [9.17, 15) is 0 Å². The summed E-state index contributed by atoms with van der Waals surface area (Å²) in [6.45, 7) is 2.73. The van der Waals surface area contributed by atoms with Crippen LogP contribution < -0.4 is 10.6 Å². The first-order valence-corrected chi connectivity index (χ1v) is 8.65. The van der Waals surface area contributed by atoms with Gasteiger partial charge in [-0.2, -0.15) is 0 Å². The van der Waals surface area contributed by atoms with Gasteiger partial charge in [-0.25, -0.2) is 0 Å². The minimum atomic E-state index is 0.293. The zero-order valence-electron chi connectivity index (χ0n) is 12.9. The van der Waals surface area contributed by atoms with Crippen LogP contribution in [-0.4, -0.2) is 30.7 Å². The molecule has 0 aliphatic rings. The van der Waals surface area contributed by atoms with Crippen LogP contribution >= 0.6 is 35.2 Å². The lowest BCUT2D eigenvalue weighted by molar-refractivity contribution is 0.303. The first kappa shape index (κ1) is 17.2. The van der Waals surface area contributed by atoms with Crippen LogP contribution in [0.3, 0.4) is 0 Å². The zero-order valence-corrected chi connectivity index (χ0v) is 15.3. The van der Waals surface area contributed by atoms with Crippen LogP contribution in [0.4, 0.5) is 5.69 Å². The largest absolute Gasteiger partial charge is 0.360 e. The average Bonchev–Trinajstić information content (AvgIpc) is 2.97. The van der Waals surface area contributed by atoms with Crippen molar-refractivity contribution < 1.29 is 0 Å². The first-order chi connectivity index (χ1) is 10.5. The fourth-order valence-electron chi connectivity index (χ4n) is 2.05. The van der Waals surface area contributed by atoms with Crippen molar-refractivity contribution >= 4 is 46.0 Å². The van der Waals surface area contributed by atoms with E-state index >= 15 is 0 Å². The van der Waals surface area contributed by atoms with Crippen molar-refractivity contribution in [3.8, 4) is 0 Å². The highest BCUT2D eigenvalue weighted by molar-refractivity contribution is 7.80. The summed E-state index contributed by atoms with van der Waals surface area (Å²) in [6.07, 6.45) is 0. The van der Waals surface area contributed by atoms with Crippen molar-refractivity contribution in [2.75, 3.05) is 26.0 Å². The fourth-order valence-corrected chi connectivity index (χ4v) is 3.36.